The number of aliphatic hydroxyl groups excluding tert-OH is 2. The predicted molar refractivity (Wildman–Crippen MR) is 101 cm³/mol. The van der Waals surface area contributed by atoms with Gasteiger partial charge in [0.05, 0.1) is 13.2 Å². The van der Waals surface area contributed by atoms with Gasteiger partial charge in [-0.3, -0.25) is 0 Å². The molecule has 0 unspecified atom stereocenters. The molecule has 1 aromatic rings. The number of benzene rings is 1. The first-order valence-electron chi connectivity index (χ1n) is 8.54. The summed E-state index contributed by atoms with van der Waals surface area (Å²) in [6.45, 7) is 0. The smallest absolute Gasteiger partial charge is 0.550 e. The van der Waals surface area contributed by atoms with Crippen molar-refractivity contribution in [2.24, 2.45) is 0 Å². The van der Waals surface area contributed by atoms with Gasteiger partial charge in [0.15, 0.2) is 0 Å². The summed E-state index contributed by atoms with van der Waals surface area (Å²) in [6, 6.07) is 7.35. The molecule has 0 bridgehead atoms. The number of carboxylic acid groups (broad SMARTS) is 1. The number of carbonyl (C=O) groups is 1. The number of aliphatic carboxylic acids is 1. The zero-order valence-corrected chi connectivity index (χ0v) is 18.2. The Hall–Kier alpha value is -1.99. The fourth-order valence-corrected chi connectivity index (χ4v) is 1.95. The Morgan fingerprint density at radius 3 is 2.61 bits per heavy atom. The molecule has 1 aromatic carbocycles. The summed E-state index contributed by atoms with van der Waals surface area (Å²) in [5.74, 6) is 10.7. The maximum Gasteiger partial charge on any atom is 1.00 e. The Labute approximate surface area is 188 Å². The van der Waals surface area contributed by atoms with Crippen LogP contribution >= 0.6 is 0 Å². The number of hydrogen-bond acceptors (Lipinski definition) is 5. The van der Waals surface area contributed by atoms with Gasteiger partial charge in [0, 0.05) is 18.0 Å². The maximum atomic E-state index is 10.2. The number of carboxylic acids is 1. The van der Waals surface area contributed by atoms with Crippen molar-refractivity contribution < 1.29 is 54.4 Å². The average molecular weight is 390 g/mol. The normalized spacial score (nSPS) is 12.2. The Morgan fingerprint density at radius 2 is 1.96 bits per heavy atom. The Kier molecular flexibility index (Phi) is 14.9. The second-order valence-corrected chi connectivity index (χ2v) is 5.61. The van der Waals surface area contributed by atoms with Crippen LogP contribution in [0.5, 0.6) is 5.75 Å². The van der Waals surface area contributed by atoms with Gasteiger partial charge in [0.2, 0.25) is 0 Å². The van der Waals surface area contributed by atoms with Gasteiger partial charge >= 0.3 is 29.6 Å². The quantitative estimate of drug-likeness (QED) is 0.311. The third-order valence-electron chi connectivity index (χ3n) is 3.37. The van der Waals surface area contributed by atoms with Crippen LogP contribution in [0.1, 0.15) is 31.2 Å². The van der Waals surface area contributed by atoms with Crippen LogP contribution in [0, 0.1) is 23.7 Å². The van der Waals surface area contributed by atoms with Gasteiger partial charge in [0.25, 0.3) is 0 Å². The molecule has 6 heteroatoms. The molecule has 5 nitrogen and oxygen atoms in total. The van der Waals surface area contributed by atoms with Crippen molar-refractivity contribution in [2.45, 2.75) is 37.9 Å². The van der Waals surface area contributed by atoms with Crippen molar-refractivity contribution in [2.75, 3.05) is 7.11 Å². The first kappa shape index (κ1) is 26.0. The number of methoxy groups -OCH3 is 1. The van der Waals surface area contributed by atoms with Gasteiger partial charge in [-0.2, -0.15) is 0 Å². The molecule has 0 aliphatic rings. The van der Waals surface area contributed by atoms with Crippen molar-refractivity contribution in [1.29, 1.82) is 0 Å². The van der Waals surface area contributed by atoms with E-state index in [4.69, 9.17) is 4.74 Å². The number of allylic oxidation sites excluding steroid dienone is 3. The summed E-state index contributed by atoms with van der Waals surface area (Å²) in [6.07, 6.45) is 5.70. The summed E-state index contributed by atoms with van der Waals surface area (Å²) in [4.78, 5) is 10.2. The zero-order valence-electron chi connectivity index (χ0n) is 16.2. The maximum absolute atomic E-state index is 10.2. The first-order chi connectivity index (χ1) is 13.0. The summed E-state index contributed by atoms with van der Waals surface area (Å²) in [5, 5.41) is 29.6. The first-order valence-corrected chi connectivity index (χ1v) is 8.54. The second kappa shape index (κ2) is 16.0. The minimum atomic E-state index is -1.13. The van der Waals surface area contributed by atoms with Crippen LogP contribution in [0.15, 0.2) is 48.6 Å². The molecule has 0 spiro atoms. The minimum absolute atomic E-state index is 0. The van der Waals surface area contributed by atoms with Crippen LogP contribution in [0.25, 0.3) is 0 Å². The Morgan fingerprint density at radius 1 is 1.25 bits per heavy atom. The van der Waals surface area contributed by atoms with E-state index < -0.39 is 18.2 Å². The predicted octanol–water partition coefficient (Wildman–Crippen LogP) is -1.80. The monoisotopic (exact) mass is 390 g/mol. The van der Waals surface area contributed by atoms with E-state index in [0.717, 1.165) is 11.3 Å². The summed E-state index contributed by atoms with van der Waals surface area (Å²) in [5.41, 5.74) is 0.848. The Bertz CT molecular complexity index is 760. The molecule has 0 heterocycles. The number of rotatable bonds is 8. The van der Waals surface area contributed by atoms with Gasteiger partial charge in [-0.15, -0.1) is 0 Å². The Balaban J connectivity index is 0.00000729. The molecule has 0 fully saturated rings. The van der Waals surface area contributed by atoms with Gasteiger partial charge < -0.3 is 24.9 Å². The zero-order chi connectivity index (χ0) is 19.9. The van der Waals surface area contributed by atoms with E-state index >= 15 is 0 Å². The summed E-state index contributed by atoms with van der Waals surface area (Å²) in [7, 11) is 1.60. The van der Waals surface area contributed by atoms with Crippen molar-refractivity contribution >= 4 is 5.97 Å². The van der Waals surface area contributed by atoms with E-state index in [-0.39, 0.29) is 42.4 Å². The van der Waals surface area contributed by atoms with Gasteiger partial charge in [0.1, 0.15) is 11.9 Å². The molecule has 142 valence electrons. The third-order valence-corrected chi connectivity index (χ3v) is 3.37. The van der Waals surface area contributed by atoms with Gasteiger partial charge in [-0.1, -0.05) is 41.9 Å². The number of aliphatic hydroxyl groups is 2. The average Bonchev–Trinajstić information content (AvgIpc) is 2.64. The van der Waals surface area contributed by atoms with Crippen LogP contribution in [0.3, 0.4) is 0 Å². The van der Waals surface area contributed by atoms with E-state index in [1.54, 1.807) is 25.3 Å². The summed E-state index contributed by atoms with van der Waals surface area (Å²) < 4.78 is 5.07. The SMILES string of the molecule is COc1ccc(C#CC[C@@H](O)/C=C/C=C/C#C[C@@H](O)CCCC(=O)[O-])cc1.[Na+]. The molecule has 1 rings (SSSR count). The fourth-order valence-electron chi connectivity index (χ4n) is 1.95. The topological polar surface area (TPSA) is 89.8 Å². The molecule has 0 radical (unpaired) electrons. The van der Waals surface area contributed by atoms with E-state index in [2.05, 4.69) is 23.7 Å². The van der Waals surface area contributed by atoms with Crippen molar-refractivity contribution in [1.82, 2.24) is 0 Å². The van der Waals surface area contributed by atoms with E-state index in [1.165, 1.54) is 6.08 Å². The second-order valence-electron chi connectivity index (χ2n) is 5.61. The van der Waals surface area contributed by atoms with E-state index in [1.807, 2.05) is 24.3 Å². The van der Waals surface area contributed by atoms with Crippen molar-refractivity contribution in [3.8, 4) is 29.4 Å². The van der Waals surface area contributed by atoms with Crippen molar-refractivity contribution in [3.05, 3.63) is 54.1 Å². The van der Waals surface area contributed by atoms with Crippen LogP contribution in [0.2, 0.25) is 0 Å². The molecule has 0 amide bonds. The van der Waals surface area contributed by atoms with Crippen LogP contribution in [0.4, 0.5) is 0 Å². The van der Waals surface area contributed by atoms with Crippen molar-refractivity contribution in [3.63, 3.8) is 0 Å². The van der Waals surface area contributed by atoms with E-state index in [9.17, 15) is 20.1 Å². The minimum Gasteiger partial charge on any atom is -0.550 e. The molecular weight excluding hydrogens is 367 g/mol. The molecule has 0 aliphatic heterocycles. The molecule has 0 aromatic heterocycles. The molecular formula is C22H23NaO5. The van der Waals surface area contributed by atoms with Gasteiger partial charge in [-0.25, -0.2) is 0 Å². The summed E-state index contributed by atoms with van der Waals surface area (Å²) >= 11 is 0. The van der Waals surface area contributed by atoms with Crippen LogP contribution < -0.4 is 39.4 Å². The number of hydrogen-bond donors (Lipinski definition) is 2. The van der Waals surface area contributed by atoms with Gasteiger partial charge in [-0.05, 0) is 49.6 Å². The molecule has 0 aliphatic carbocycles. The van der Waals surface area contributed by atoms with E-state index in [0.29, 0.717) is 12.8 Å². The molecule has 2 atom stereocenters. The molecule has 2 N–H and O–H groups in total. The molecule has 0 saturated heterocycles. The van der Waals surface area contributed by atoms with Crippen LogP contribution in [-0.4, -0.2) is 35.5 Å². The number of carbonyl (C=O) groups excluding carboxylic acids is 1. The standard InChI is InChI=1S/C22H24O5.Na/c1-27-21-16-14-18(15-17-21)8-6-11-19(23)9-4-2-3-5-10-20(24)12-7-13-22(25)26;/h2-4,9,14-17,19-20,23-24H,7,11-13H2,1H3,(H,25,26);/q;+1/p-1/b3-2+,9-4+;/t19-,20+;/m0./s1. The number of ether oxygens (including phenoxy) is 1. The third kappa shape index (κ3) is 13.2. The van der Waals surface area contributed by atoms with Crippen LogP contribution in [-0.2, 0) is 4.79 Å². The fraction of sp³-hybridized carbons (Fsp3) is 0.318. The molecule has 0 saturated carbocycles. The largest absolute Gasteiger partial charge is 1.00 e. The molecule has 28 heavy (non-hydrogen) atoms.